The third-order valence-electron chi connectivity index (χ3n) is 4.85. The van der Waals surface area contributed by atoms with Gasteiger partial charge in [0.25, 0.3) is 0 Å². The summed E-state index contributed by atoms with van der Waals surface area (Å²) in [6, 6.07) is 9.79. The van der Waals surface area contributed by atoms with Crippen LogP contribution in [0, 0.1) is 5.41 Å². The molecule has 1 saturated heterocycles. The number of carbonyl (C=O) groups is 2. The fraction of sp³-hybridized carbons (Fsp3) is 0.579. The van der Waals surface area contributed by atoms with Gasteiger partial charge in [0.15, 0.2) is 0 Å². The maximum atomic E-state index is 12.4. The first-order valence-electron chi connectivity index (χ1n) is 8.86. The van der Waals surface area contributed by atoms with E-state index in [1.165, 1.54) is 5.56 Å². The molecule has 2 rings (SSSR count). The first kappa shape index (κ1) is 19.2. The van der Waals surface area contributed by atoms with E-state index in [2.05, 4.69) is 5.32 Å². The van der Waals surface area contributed by atoms with Crippen molar-refractivity contribution in [1.29, 1.82) is 0 Å². The van der Waals surface area contributed by atoms with Crippen LogP contribution in [0.5, 0.6) is 0 Å². The molecule has 1 aliphatic rings. The smallest absolute Gasteiger partial charge is 0.317 e. The van der Waals surface area contributed by atoms with E-state index in [1.807, 2.05) is 30.3 Å². The summed E-state index contributed by atoms with van der Waals surface area (Å²) in [6.07, 6.45) is 3.31. The van der Waals surface area contributed by atoms with E-state index in [9.17, 15) is 14.7 Å². The predicted octanol–water partition coefficient (Wildman–Crippen LogP) is 2.53. The van der Waals surface area contributed by atoms with E-state index >= 15 is 0 Å². The number of carboxylic acids is 1. The van der Waals surface area contributed by atoms with Gasteiger partial charge in [0.2, 0.25) is 0 Å². The number of nitrogens with one attached hydrogen (secondary N) is 1. The van der Waals surface area contributed by atoms with E-state index in [0.29, 0.717) is 45.4 Å². The van der Waals surface area contributed by atoms with Gasteiger partial charge < -0.3 is 20.1 Å². The average molecular weight is 348 g/mol. The number of methoxy groups -OCH3 is 1. The van der Waals surface area contributed by atoms with E-state index in [-0.39, 0.29) is 12.6 Å². The molecule has 0 spiro atoms. The van der Waals surface area contributed by atoms with E-state index < -0.39 is 11.4 Å². The number of likely N-dealkylation sites (tertiary alicyclic amines) is 1. The van der Waals surface area contributed by atoms with Crippen LogP contribution in [-0.4, -0.2) is 55.4 Å². The van der Waals surface area contributed by atoms with Crippen LogP contribution < -0.4 is 5.32 Å². The molecule has 1 atom stereocenters. The summed E-state index contributed by atoms with van der Waals surface area (Å²) in [7, 11) is 1.61. The number of carboxylic acid groups (broad SMARTS) is 1. The Kier molecular flexibility index (Phi) is 7.25. The predicted molar refractivity (Wildman–Crippen MR) is 95.5 cm³/mol. The van der Waals surface area contributed by atoms with Crippen molar-refractivity contribution in [2.45, 2.75) is 32.1 Å². The highest BCUT2D eigenvalue weighted by molar-refractivity contribution is 5.78. The van der Waals surface area contributed by atoms with Gasteiger partial charge in [-0.25, -0.2) is 4.79 Å². The van der Waals surface area contributed by atoms with Gasteiger partial charge in [-0.15, -0.1) is 0 Å². The Labute approximate surface area is 149 Å². The number of hydrogen-bond donors (Lipinski definition) is 2. The van der Waals surface area contributed by atoms with Gasteiger partial charge in [-0.1, -0.05) is 30.3 Å². The van der Waals surface area contributed by atoms with Crippen LogP contribution in [-0.2, 0) is 16.0 Å². The van der Waals surface area contributed by atoms with Crippen molar-refractivity contribution in [3.8, 4) is 0 Å². The molecule has 25 heavy (non-hydrogen) atoms. The third-order valence-corrected chi connectivity index (χ3v) is 4.85. The highest BCUT2D eigenvalue weighted by Crippen LogP contribution is 2.35. The minimum absolute atomic E-state index is 0.173. The van der Waals surface area contributed by atoms with E-state index in [0.717, 1.165) is 6.42 Å². The topological polar surface area (TPSA) is 78.9 Å². The Balaban J connectivity index is 1.87. The minimum atomic E-state index is -0.854. The number of ether oxygens (including phenoxy) is 1. The number of benzene rings is 1. The Hall–Kier alpha value is -2.08. The number of carbonyl (C=O) groups excluding carboxylic acids is 1. The molecule has 1 heterocycles. The van der Waals surface area contributed by atoms with E-state index in [4.69, 9.17) is 4.74 Å². The molecule has 6 heteroatoms. The van der Waals surface area contributed by atoms with Crippen LogP contribution in [0.2, 0.25) is 0 Å². The molecule has 1 fully saturated rings. The Morgan fingerprint density at radius 1 is 1.32 bits per heavy atom. The molecule has 138 valence electrons. The second kappa shape index (κ2) is 9.42. The van der Waals surface area contributed by atoms with Crippen molar-refractivity contribution in [3.63, 3.8) is 0 Å². The number of piperidine rings is 1. The van der Waals surface area contributed by atoms with Crippen molar-refractivity contribution < 1.29 is 19.4 Å². The van der Waals surface area contributed by atoms with Crippen LogP contribution in [0.25, 0.3) is 0 Å². The van der Waals surface area contributed by atoms with Gasteiger partial charge in [0, 0.05) is 33.4 Å². The molecule has 6 nitrogen and oxygen atoms in total. The van der Waals surface area contributed by atoms with Gasteiger partial charge >= 0.3 is 12.0 Å². The molecule has 2 amide bonds. The zero-order valence-corrected chi connectivity index (χ0v) is 14.9. The molecule has 2 N–H and O–H groups in total. The van der Waals surface area contributed by atoms with Gasteiger partial charge in [0.05, 0.1) is 5.41 Å². The van der Waals surface area contributed by atoms with Gasteiger partial charge in [-0.2, -0.15) is 0 Å². The monoisotopic (exact) mass is 348 g/mol. The summed E-state index contributed by atoms with van der Waals surface area (Å²) in [4.78, 5) is 25.9. The Bertz CT molecular complexity index is 564. The third kappa shape index (κ3) is 5.46. The second-order valence-electron chi connectivity index (χ2n) is 6.67. The average Bonchev–Trinajstić information content (AvgIpc) is 2.63. The zero-order chi connectivity index (χ0) is 18.1. The van der Waals surface area contributed by atoms with Crippen LogP contribution in [0.4, 0.5) is 4.79 Å². The van der Waals surface area contributed by atoms with Crippen LogP contribution in [0.1, 0.15) is 31.2 Å². The summed E-state index contributed by atoms with van der Waals surface area (Å²) in [5.74, 6) is -0.814. The quantitative estimate of drug-likeness (QED) is 0.708. The summed E-state index contributed by atoms with van der Waals surface area (Å²) < 4.78 is 5.04. The van der Waals surface area contributed by atoms with Gasteiger partial charge in [-0.3, -0.25) is 4.79 Å². The highest BCUT2D eigenvalue weighted by Gasteiger charge is 2.43. The molecule has 0 unspecified atom stereocenters. The van der Waals surface area contributed by atoms with Gasteiger partial charge in [-0.05, 0) is 37.7 Å². The number of hydrogen-bond acceptors (Lipinski definition) is 3. The SMILES string of the molecule is COCCC[C@]1(C(=O)O)CCCN(C(=O)NCCc2ccccc2)C1. The lowest BCUT2D eigenvalue weighted by Gasteiger charge is -2.40. The summed E-state index contributed by atoms with van der Waals surface area (Å²) in [6.45, 7) is 1.96. The maximum absolute atomic E-state index is 12.4. The number of rotatable bonds is 8. The normalized spacial score (nSPS) is 20.3. The standard InChI is InChI=1S/C19H28N2O4/c1-25-14-6-11-19(17(22)23)10-5-13-21(15-19)18(24)20-12-9-16-7-3-2-4-8-16/h2-4,7-8H,5-6,9-15H2,1H3,(H,20,24)(H,22,23)/t19-/m1/s1. The Morgan fingerprint density at radius 2 is 2.08 bits per heavy atom. The molecule has 0 aromatic heterocycles. The van der Waals surface area contributed by atoms with Gasteiger partial charge in [0.1, 0.15) is 0 Å². The lowest BCUT2D eigenvalue weighted by atomic mass is 9.76. The number of urea groups is 1. The molecular weight excluding hydrogens is 320 g/mol. The fourth-order valence-electron chi connectivity index (χ4n) is 3.42. The fourth-order valence-corrected chi connectivity index (χ4v) is 3.42. The number of amides is 2. The first-order valence-corrected chi connectivity index (χ1v) is 8.86. The zero-order valence-electron chi connectivity index (χ0n) is 14.9. The van der Waals surface area contributed by atoms with Crippen molar-refractivity contribution >= 4 is 12.0 Å². The van der Waals surface area contributed by atoms with E-state index in [1.54, 1.807) is 12.0 Å². The lowest BCUT2D eigenvalue weighted by molar-refractivity contribution is -0.152. The maximum Gasteiger partial charge on any atom is 0.317 e. The molecule has 1 aromatic carbocycles. The summed E-state index contributed by atoms with van der Waals surface area (Å²) in [5.41, 5.74) is 0.314. The van der Waals surface area contributed by atoms with Crippen molar-refractivity contribution in [2.24, 2.45) is 5.41 Å². The van der Waals surface area contributed by atoms with Crippen molar-refractivity contribution in [3.05, 3.63) is 35.9 Å². The summed E-state index contributed by atoms with van der Waals surface area (Å²) in [5, 5.41) is 12.6. The number of aliphatic carboxylic acids is 1. The molecule has 0 saturated carbocycles. The molecule has 0 bridgehead atoms. The molecule has 0 aliphatic carbocycles. The highest BCUT2D eigenvalue weighted by atomic mass is 16.5. The van der Waals surface area contributed by atoms with Crippen molar-refractivity contribution in [2.75, 3.05) is 33.4 Å². The van der Waals surface area contributed by atoms with Crippen LogP contribution in [0.15, 0.2) is 30.3 Å². The minimum Gasteiger partial charge on any atom is -0.481 e. The molecule has 0 radical (unpaired) electrons. The molecule has 1 aliphatic heterocycles. The second-order valence-corrected chi connectivity index (χ2v) is 6.67. The summed E-state index contributed by atoms with van der Waals surface area (Å²) >= 11 is 0. The number of nitrogens with zero attached hydrogens (tertiary/aromatic N) is 1. The van der Waals surface area contributed by atoms with Crippen molar-refractivity contribution in [1.82, 2.24) is 10.2 Å². The Morgan fingerprint density at radius 3 is 2.76 bits per heavy atom. The first-order chi connectivity index (χ1) is 12.1. The van der Waals surface area contributed by atoms with Crippen LogP contribution in [0.3, 0.4) is 0 Å². The lowest BCUT2D eigenvalue weighted by Crippen LogP contribution is -2.53. The van der Waals surface area contributed by atoms with Crippen LogP contribution >= 0.6 is 0 Å². The largest absolute Gasteiger partial charge is 0.481 e. The molecular formula is C19H28N2O4. The molecule has 1 aromatic rings.